The van der Waals surface area contributed by atoms with Crippen molar-refractivity contribution in [2.45, 2.75) is 18.0 Å². The number of nitrogens with one attached hydrogen (secondary N) is 1. The summed E-state index contributed by atoms with van der Waals surface area (Å²) in [6, 6.07) is 30.0. The van der Waals surface area contributed by atoms with Gasteiger partial charge in [-0.05, 0) is 71.3 Å². The largest absolute Gasteiger partial charge is 0.348 e. The molecule has 4 nitrogen and oxygen atoms in total. The van der Waals surface area contributed by atoms with Gasteiger partial charge in [0.05, 0.1) is 17.1 Å². The molecule has 0 aliphatic carbocycles. The number of rotatable bonds is 6. The summed E-state index contributed by atoms with van der Waals surface area (Å²) >= 11 is 13.5. The van der Waals surface area contributed by atoms with E-state index in [0.29, 0.717) is 33.6 Å². The fourth-order valence-electron chi connectivity index (χ4n) is 4.01. The van der Waals surface area contributed by atoms with Gasteiger partial charge in [0.1, 0.15) is 0 Å². The van der Waals surface area contributed by atoms with E-state index in [1.54, 1.807) is 29.2 Å². The van der Waals surface area contributed by atoms with Gasteiger partial charge in [-0.25, -0.2) is 0 Å². The Labute approximate surface area is 229 Å². The number of halogens is 2. The highest BCUT2D eigenvalue weighted by molar-refractivity contribution is 8.04. The van der Waals surface area contributed by atoms with Crippen LogP contribution < -0.4 is 10.2 Å². The molecule has 1 aliphatic heterocycles. The normalized spacial score (nSPS) is 13.9. The average Bonchev–Trinajstić information content (AvgIpc) is 2.91. The Bertz CT molecular complexity index is 1480. The van der Waals surface area contributed by atoms with Crippen LogP contribution in [-0.2, 0) is 17.9 Å². The summed E-state index contributed by atoms with van der Waals surface area (Å²) < 4.78 is 0. The molecular weight excluding hydrogens is 523 g/mol. The molecule has 1 aliphatic rings. The van der Waals surface area contributed by atoms with E-state index in [1.165, 1.54) is 11.8 Å². The van der Waals surface area contributed by atoms with Crippen molar-refractivity contribution in [2.75, 3.05) is 4.90 Å². The lowest BCUT2D eigenvalue weighted by molar-refractivity contribution is -0.114. The fourth-order valence-corrected chi connectivity index (χ4v) is 5.40. The van der Waals surface area contributed by atoms with Crippen LogP contribution in [0.2, 0.25) is 10.0 Å². The molecular formula is C30H22Cl2N2O2S. The fraction of sp³-hybridized carbons (Fsp3) is 0.0667. The van der Waals surface area contributed by atoms with Crippen LogP contribution in [-0.4, -0.2) is 11.8 Å². The zero-order chi connectivity index (χ0) is 25.8. The van der Waals surface area contributed by atoms with E-state index in [9.17, 15) is 9.59 Å². The minimum Gasteiger partial charge on any atom is -0.348 e. The van der Waals surface area contributed by atoms with Gasteiger partial charge in [-0.3, -0.25) is 9.59 Å². The smallest absolute Gasteiger partial charge is 0.265 e. The molecule has 0 radical (unpaired) electrons. The lowest BCUT2D eigenvalue weighted by Crippen LogP contribution is -2.33. The summed E-state index contributed by atoms with van der Waals surface area (Å²) in [7, 11) is 0. The van der Waals surface area contributed by atoms with Crippen molar-refractivity contribution in [1.29, 1.82) is 0 Å². The highest BCUT2D eigenvalue weighted by atomic mass is 35.5. The summed E-state index contributed by atoms with van der Waals surface area (Å²) in [5.41, 5.74) is 4.19. The Balaban J connectivity index is 1.33. The molecule has 184 valence electrons. The van der Waals surface area contributed by atoms with Gasteiger partial charge < -0.3 is 10.2 Å². The third-order valence-corrected chi connectivity index (χ3v) is 7.46. The van der Waals surface area contributed by atoms with E-state index >= 15 is 0 Å². The van der Waals surface area contributed by atoms with Crippen LogP contribution in [0.25, 0.3) is 6.08 Å². The minimum atomic E-state index is -0.168. The van der Waals surface area contributed by atoms with Crippen molar-refractivity contribution in [3.8, 4) is 0 Å². The van der Waals surface area contributed by atoms with Gasteiger partial charge in [0.25, 0.3) is 11.8 Å². The van der Waals surface area contributed by atoms with Gasteiger partial charge in [-0.15, -0.1) is 0 Å². The molecule has 1 N–H and O–H groups in total. The highest BCUT2D eigenvalue weighted by Crippen LogP contribution is 2.42. The molecule has 0 saturated carbocycles. The van der Waals surface area contributed by atoms with Gasteiger partial charge in [0, 0.05) is 27.0 Å². The lowest BCUT2D eigenvalue weighted by Gasteiger charge is -2.30. The van der Waals surface area contributed by atoms with Gasteiger partial charge in [-0.1, -0.05) is 83.5 Å². The second kappa shape index (κ2) is 11.3. The predicted molar refractivity (Wildman–Crippen MR) is 152 cm³/mol. The second-order valence-electron chi connectivity index (χ2n) is 8.53. The maximum atomic E-state index is 13.5. The van der Waals surface area contributed by atoms with Crippen LogP contribution in [0.5, 0.6) is 0 Å². The molecule has 2 amide bonds. The van der Waals surface area contributed by atoms with Gasteiger partial charge >= 0.3 is 0 Å². The Morgan fingerprint density at radius 3 is 2.35 bits per heavy atom. The van der Waals surface area contributed by atoms with E-state index in [-0.39, 0.29) is 11.8 Å². The molecule has 4 aromatic rings. The summed E-state index contributed by atoms with van der Waals surface area (Å²) in [4.78, 5) is 29.5. The number of hydrogen-bond acceptors (Lipinski definition) is 3. The number of fused-ring (bicyclic) bond motifs is 1. The third-order valence-electron chi connectivity index (χ3n) is 5.90. The molecule has 0 unspecified atom stereocenters. The SMILES string of the molecule is O=C(NCc1ccc(Cl)cc1)c1ccc(/C=C2/Sc3ccccc3N(Cc3cccc(Cl)c3)C2=O)cc1. The summed E-state index contributed by atoms with van der Waals surface area (Å²) in [6.07, 6.45) is 1.86. The van der Waals surface area contributed by atoms with E-state index in [0.717, 1.165) is 27.3 Å². The maximum Gasteiger partial charge on any atom is 0.265 e. The Morgan fingerprint density at radius 1 is 0.838 bits per heavy atom. The van der Waals surface area contributed by atoms with Crippen molar-refractivity contribution >= 4 is 58.5 Å². The van der Waals surface area contributed by atoms with Crippen molar-refractivity contribution in [1.82, 2.24) is 5.32 Å². The molecule has 37 heavy (non-hydrogen) atoms. The van der Waals surface area contributed by atoms with Crippen molar-refractivity contribution < 1.29 is 9.59 Å². The number of thioether (sulfide) groups is 1. The third kappa shape index (κ3) is 6.08. The first-order valence-corrected chi connectivity index (χ1v) is 13.2. The monoisotopic (exact) mass is 544 g/mol. The predicted octanol–water partition coefficient (Wildman–Crippen LogP) is 7.60. The molecule has 5 rings (SSSR count). The quantitative estimate of drug-likeness (QED) is 0.254. The topological polar surface area (TPSA) is 49.4 Å². The molecule has 0 saturated heterocycles. The summed E-state index contributed by atoms with van der Waals surface area (Å²) in [6.45, 7) is 0.829. The maximum absolute atomic E-state index is 13.5. The minimum absolute atomic E-state index is 0.0755. The Morgan fingerprint density at radius 2 is 1.59 bits per heavy atom. The first-order valence-electron chi connectivity index (χ1n) is 11.6. The molecule has 0 aromatic heterocycles. The number of carbonyl (C=O) groups excluding carboxylic acids is 2. The second-order valence-corrected chi connectivity index (χ2v) is 10.5. The van der Waals surface area contributed by atoms with Crippen LogP contribution in [0.15, 0.2) is 107 Å². The van der Waals surface area contributed by atoms with E-state index in [4.69, 9.17) is 23.2 Å². The number of hydrogen-bond donors (Lipinski definition) is 1. The molecule has 0 bridgehead atoms. The van der Waals surface area contributed by atoms with Crippen molar-refractivity contribution in [3.05, 3.63) is 134 Å². The van der Waals surface area contributed by atoms with Crippen LogP contribution in [0.1, 0.15) is 27.0 Å². The molecule has 1 heterocycles. The van der Waals surface area contributed by atoms with Gasteiger partial charge in [0.2, 0.25) is 0 Å². The number of carbonyl (C=O) groups is 2. The van der Waals surface area contributed by atoms with Crippen LogP contribution in [0.3, 0.4) is 0 Å². The van der Waals surface area contributed by atoms with Crippen LogP contribution >= 0.6 is 35.0 Å². The number of anilines is 1. The molecule has 0 fully saturated rings. The molecule has 0 spiro atoms. The first kappa shape index (κ1) is 25.2. The van der Waals surface area contributed by atoms with E-state index in [2.05, 4.69) is 5.32 Å². The number of para-hydroxylation sites is 1. The highest BCUT2D eigenvalue weighted by Gasteiger charge is 2.29. The number of amides is 2. The zero-order valence-corrected chi connectivity index (χ0v) is 22.0. The number of nitrogens with zero attached hydrogens (tertiary/aromatic N) is 1. The zero-order valence-electron chi connectivity index (χ0n) is 19.7. The van der Waals surface area contributed by atoms with E-state index < -0.39 is 0 Å². The first-order chi connectivity index (χ1) is 18.0. The summed E-state index contributed by atoms with van der Waals surface area (Å²) in [5.74, 6) is -0.243. The number of benzene rings is 4. The van der Waals surface area contributed by atoms with Gasteiger partial charge in [-0.2, -0.15) is 0 Å². The van der Waals surface area contributed by atoms with Crippen LogP contribution in [0, 0.1) is 0 Å². The van der Waals surface area contributed by atoms with Gasteiger partial charge in [0.15, 0.2) is 0 Å². The molecule has 7 heteroatoms. The molecule has 4 aromatic carbocycles. The van der Waals surface area contributed by atoms with Crippen LogP contribution in [0.4, 0.5) is 5.69 Å². The average molecular weight is 545 g/mol. The summed E-state index contributed by atoms with van der Waals surface area (Å²) in [5, 5.41) is 4.21. The van der Waals surface area contributed by atoms with Crippen molar-refractivity contribution in [3.63, 3.8) is 0 Å². The van der Waals surface area contributed by atoms with Crippen molar-refractivity contribution in [2.24, 2.45) is 0 Å². The lowest BCUT2D eigenvalue weighted by atomic mass is 10.1. The Hall–Kier alpha value is -3.51. The van der Waals surface area contributed by atoms with E-state index in [1.807, 2.05) is 78.9 Å². The Kier molecular flexibility index (Phi) is 7.65. The standard InChI is InChI=1S/C30H22Cl2N2O2S/c31-24-14-10-21(11-15-24)18-33-29(35)23-12-8-20(9-13-23)17-28-30(36)34(19-22-4-3-5-25(32)16-22)26-6-1-2-7-27(26)37-28/h1-17H,18-19H2,(H,33,35)/b28-17+. The molecule has 0 atom stereocenters.